The van der Waals surface area contributed by atoms with Crippen LogP contribution in [0.5, 0.6) is 0 Å². The Hall–Kier alpha value is -1.42. The maximum Gasteiger partial charge on any atom is 0.397 e. The van der Waals surface area contributed by atoms with Gasteiger partial charge in [-0.15, -0.1) is 0 Å². The molecule has 1 rings (SSSR count). The van der Waals surface area contributed by atoms with Crippen molar-refractivity contribution in [3.8, 4) is 0 Å². The molecule has 1 aliphatic heterocycles. The first-order valence-corrected chi connectivity index (χ1v) is 24.5. The summed E-state index contributed by atoms with van der Waals surface area (Å²) in [6.45, 7) is 3.88. The van der Waals surface area contributed by atoms with Gasteiger partial charge in [0.05, 0.1) is 19.8 Å². The summed E-state index contributed by atoms with van der Waals surface area (Å²) < 4.78 is 58.7. The van der Waals surface area contributed by atoms with Gasteiger partial charge in [0.15, 0.2) is 6.29 Å². The van der Waals surface area contributed by atoms with Crippen LogP contribution in [-0.4, -0.2) is 97.5 Å². The molecule has 0 radical (unpaired) electrons. The van der Waals surface area contributed by atoms with Crippen LogP contribution in [0, 0.1) is 0 Å². The van der Waals surface area contributed by atoms with E-state index in [0.29, 0.717) is 13.0 Å². The minimum absolute atomic E-state index is 0.0379. The number of unbranched alkanes of at least 4 members (excludes halogenated alkanes) is 23. The first-order chi connectivity index (χ1) is 28.1. The first-order valence-electron chi connectivity index (χ1n) is 23.1. The van der Waals surface area contributed by atoms with Crippen molar-refractivity contribution in [1.82, 2.24) is 0 Å². The molecule has 0 aromatic carbocycles. The highest BCUT2D eigenvalue weighted by atomic mass is 32.3. The lowest BCUT2D eigenvalue weighted by molar-refractivity contribution is -0.301. The number of carbonyl (C=O) groups is 1. The topological polar surface area (TPSA) is 178 Å². The van der Waals surface area contributed by atoms with Crippen LogP contribution in [0.1, 0.15) is 194 Å². The summed E-state index contributed by atoms with van der Waals surface area (Å²) >= 11 is 0. The standard InChI is InChI=1S/C45H84O12S/c1-3-5-7-9-10-11-12-13-14-15-16-17-18-19-20-21-22-23-24-25-26-27-28-29-31-33-35-53-37-39(55-41(47)34-32-30-8-6-4-2)38-54-45-43(49)44(57-58(50,51)52)42(48)40(36-46)56-45/h12-13,15-16,39-40,42-46,48-49H,3-11,14,17-38H2,1-2H3,(H,50,51,52)/b13-12-,16-15-. The Morgan fingerprint density at radius 2 is 1.14 bits per heavy atom. The molecule has 4 N–H and O–H groups in total. The van der Waals surface area contributed by atoms with Crippen molar-refractivity contribution in [2.75, 3.05) is 26.4 Å². The molecular weight excluding hydrogens is 765 g/mol. The van der Waals surface area contributed by atoms with E-state index in [1.54, 1.807) is 0 Å². The number of hydrogen-bond donors (Lipinski definition) is 4. The molecule has 0 aliphatic carbocycles. The zero-order chi connectivity index (χ0) is 42.5. The summed E-state index contributed by atoms with van der Waals surface area (Å²) in [5, 5.41) is 30.5. The molecule has 6 atom stereocenters. The summed E-state index contributed by atoms with van der Waals surface area (Å²) in [6.07, 6.45) is 32.9. The van der Waals surface area contributed by atoms with E-state index in [1.807, 2.05) is 0 Å². The van der Waals surface area contributed by atoms with E-state index in [9.17, 15) is 28.5 Å². The van der Waals surface area contributed by atoms with Crippen LogP contribution < -0.4 is 0 Å². The lowest BCUT2D eigenvalue weighted by atomic mass is 9.99. The van der Waals surface area contributed by atoms with Crippen LogP contribution in [0.15, 0.2) is 24.3 Å². The SMILES string of the molecule is CCCCCCC/C=C\C/C=C\CCCCCCCCCCCCCCCCOCC(COC1OC(CO)C(O)C(OS(=O)(=O)O)C1O)OC(=O)CCCCCCC. The maximum atomic E-state index is 12.6. The van der Waals surface area contributed by atoms with Crippen LogP contribution >= 0.6 is 0 Å². The van der Waals surface area contributed by atoms with Crippen molar-refractivity contribution in [2.45, 2.75) is 230 Å². The fourth-order valence-corrected chi connectivity index (χ4v) is 7.56. The second-order valence-corrected chi connectivity index (χ2v) is 17.0. The Bertz CT molecular complexity index is 1120. The van der Waals surface area contributed by atoms with E-state index in [0.717, 1.165) is 51.4 Å². The fraction of sp³-hybridized carbons (Fsp3) is 0.889. The normalized spacial score (nSPS) is 20.7. The summed E-state index contributed by atoms with van der Waals surface area (Å²) in [6, 6.07) is 0. The van der Waals surface area contributed by atoms with Gasteiger partial charge < -0.3 is 34.3 Å². The van der Waals surface area contributed by atoms with E-state index < -0.39 is 59.8 Å². The summed E-state index contributed by atoms with van der Waals surface area (Å²) in [5.74, 6) is -0.411. The minimum Gasteiger partial charge on any atom is -0.457 e. The smallest absolute Gasteiger partial charge is 0.397 e. The van der Waals surface area contributed by atoms with Crippen molar-refractivity contribution >= 4 is 16.4 Å². The largest absolute Gasteiger partial charge is 0.457 e. The van der Waals surface area contributed by atoms with Crippen LogP contribution in [0.4, 0.5) is 0 Å². The number of aliphatic hydroxyl groups is 3. The van der Waals surface area contributed by atoms with E-state index in [1.165, 1.54) is 116 Å². The number of esters is 1. The number of ether oxygens (including phenoxy) is 4. The molecule has 58 heavy (non-hydrogen) atoms. The number of rotatable bonds is 40. The Kier molecular flexibility index (Phi) is 35.2. The highest BCUT2D eigenvalue weighted by Crippen LogP contribution is 2.26. The Morgan fingerprint density at radius 3 is 1.64 bits per heavy atom. The number of allylic oxidation sites excluding steroid dienone is 4. The van der Waals surface area contributed by atoms with Crippen molar-refractivity contribution in [3.05, 3.63) is 24.3 Å². The van der Waals surface area contributed by atoms with E-state index in [2.05, 4.69) is 42.3 Å². The zero-order valence-electron chi connectivity index (χ0n) is 36.4. The quantitative estimate of drug-likeness (QED) is 0.0199. The van der Waals surface area contributed by atoms with Gasteiger partial charge in [-0.05, 0) is 44.9 Å². The molecule has 1 heterocycles. The second-order valence-electron chi connectivity index (χ2n) is 16.0. The van der Waals surface area contributed by atoms with Crippen LogP contribution in [0.25, 0.3) is 0 Å². The number of carbonyl (C=O) groups excluding carboxylic acids is 1. The van der Waals surface area contributed by atoms with Gasteiger partial charge in [-0.25, -0.2) is 4.18 Å². The molecule has 0 aromatic heterocycles. The summed E-state index contributed by atoms with van der Waals surface area (Å²) in [7, 11) is -5.05. The number of aliphatic hydroxyl groups excluding tert-OH is 3. The minimum atomic E-state index is -5.05. The Morgan fingerprint density at radius 1 is 0.655 bits per heavy atom. The zero-order valence-corrected chi connectivity index (χ0v) is 37.2. The highest BCUT2D eigenvalue weighted by molar-refractivity contribution is 7.80. The average molecular weight is 849 g/mol. The molecule has 0 bridgehead atoms. The van der Waals surface area contributed by atoms with Crippen molar-refractivity contribution in [2.24, 2.45) is 0 Å². The van der Waals surface area contributed by atoms with Gasteiger partial charge in [0.2, 0.25) is 0 Å². The van der Waals surface area contributed by atoms with Crippen LogP contribution in [-0.2, 0) is 38.3 Å². The highest BCUT2D eigenvalue weighted by Gasteiger charge is 2.48. The third kappa shape index (κ3) is 30.6. The molecular formula is C45H84O12S. The predicted molar refractivity (Wildman–Crippen MR) is 230 cm³/mol. The third-order valence-corrected chi connectivity index (χ3v) is 11.0. The van der Waals surface area contributed by atoms with Crippen molar-refractivity contribution in [3.63, 3.8) is 0 Å². The van der Waals surface area contributed by atoms with E-state index >= 15 is 0 Å². The van der Waals surface area contributed by atoms with Gasteiger partial charge in [0, 0.05) is 13.0 Å². The van der Waals surface area contributed by atoms with Gasteiger partial charge in [-0.3, -0.25) is 9.35 Å². The van der Waals surface area contributed by atoms with Crippen LogP contribution in [0.3, 0.4) is 0 Å². The lowest BCUT2D eigenvalue weighted by Gasteiger charge is -2.41. The molecule has 1 fully saturated rings. The van der Waals surface area contributed by atoms with E-state index in [-0.39, 0.29) is 19.6 Å². The monoisotopic (exact) mass is 849 g/mol. The molecule has 0 saturated carbocycles. The van der Waals surface area contributed by atoms with Gasteiger partial charge in [-0.2, -0.15) is 8.42 Å². The molecule has 13 heteroatoms. The lowest BCUT2D eigenvalue weighted by Crippen LogP contribution is -2.60. The van der Waals surface area contributed by atoms with E-state index in [4.69, 9.17) is 23.5 Å². The predicted octanol–water partition coefficient (Wildman–Crippen LogP) is 9.63. The molecule has 342 valence electrons. The Balaban J connectivity index is 2.19. The maximum absolute atomic E-state index is 12.6. The second kappa shape index (κ2) is 37.4. The fourth-order valence-electron chi connectivity index (χ4n) is 7.06. The third-order valence-electron chi connectivity index (χ3n) is 10.6. The molecule has 1 aliphatic rings. The van der Waals surface area contributed by atoms with Crippen molar-refractivity contribution in [1.29, 1.82) is 0 Å². The molecule has 1 saturated heterocycles. The number of hydrogen-bond acceptors (Lipinski definition) is 11. The van der Waals surface area contributed by atoms with Gasteiger partial charge in [0.25, 0.3) is 0 Å². The average Bonchev–Trinajstić information content (AvgIpc) is 3.19. The summed E-state index contributed by atoms with van der Waals surface area (Å²) in [5.41, 5.74) is 0. The molecule has 0 aromatic rings. The van der Waals surface area contributed by atoms with Gasteiger partial charge >= 0.3 is 16.4 Å². The molecule has 0 spiro atoms. The summed E-state index contributed by atoms with van der Waals surface area (Å²) in [4.78, 5) is 12.6. The van der Waals surface area contributed by atoms with Crippen LogP contribution in [0.2, 0.25) is 0 Å². The van der Waals surface area contributed by atoms with Gasteiger partial charge in [-0.1, -0.05) is 167 Å². The molecule has 0 amide bonds. The van der Waals surface area contributed by atoms with Gasteiger partial charge in [0.1, 0.15) is 30.5 Å². The molecule has 12 nitrogen and oxygen atoms in total. The van der Waals surface area contributed by atoms with Crippen molar-refractivity contribution < 1.29 is 56.2 Å². The Labute approximate surface area is 352 Å². The molecule has 6 unspecified atom stereocenters. The first kappa shape index (κ1) is 54.6.